The molecule has 14 heavy (non-hydrogen) atoms. The molecule has 0 saturated heterocycles. The molecule has 0 aliphatic carbocycles. The maximum atomic E-state index is 11.2. The molecule has 0 heterocycles. The lowest BCUT2D eigenvalue weighted by atomic mass is 10.1. The number of nitrogens with one attached hydrogen (secondary N) is 2. The standard InChI is InChI=1S/C11H24N2O/c1-4-7-12-8-9-13-11(14)6-5-10(2)3/h10,12H,4-9H2,1-3H3,(H,13,14). The number of amides is 1. The summed E-state index contributed by atoms with van der Waals surface area (Å²) in [4.78, 5) is 11.2. The van der Waals surface area contributed by atoms with E-state index in [-0.39, 0.29) is 5.91 Å². The zero-order valence-electron chi connectivity index (χ0n) is 9.73. The Labute approximate surface area is 87.6 Å². The number of hydrogen-bond acceptors (Lipinski definition) is 2. The van der Waals surface area contributed by atoms with Gasteiger partial charge in [0.15, 0.2) is 0 Å². The van der Waals surface area contributed by atoms with Gasteiger partial charge in [-0.1, -0.05) is 20.8 Å². The van der Waals surface area contributed by atoms with Crippen molar-refractivity contribution < 1.29 is 4.79 Å². The van der Waals surface area contributed by atoms with E-state index in [1.165, 1.54) is 0 Å². The van der Waals surface area contributed by atoms with E-state index in [0.717, 1.165) is 32.5 Å². The fourth-order valence-electron chi connectivity index (χ4n) is 1.10. The smallest absolute Gasteiger partial charge is 0.220 e. The maximum absolute atomic E-state index is 11.2. The molecule has 0 rings (SSSR count). The summed E-state index contributed by atoms with van der Waals surface area (Å²) in [6.45, 7) is 9.06. The van der Waals surface area contributed by atoms with Crippen LogP contribution in [0.2, 0.25) is 0 Å². The first-order valence-electron chi connectivity index (χ1n) is 5.64. The summed E-state index contributed by atoms with van der Waals surface area (Å²) in [5.41, 5.74) is 0. The van der Waals surface area contributed by atoms with Gasteiger partial charge in [0.05, 0.1) is 0 Å². The van der Waals surface area contributed by atoms with Gasteiger partial charge in [0.2, 0.25) is 5.91 Å². The average Bonchev–Trinajstić information content (AvgIpc) is 2.14. The van der Waals surface area contributed by atoms with Crippen LogP contribution in [0.25, 0.3) is 0 Å². The van der Waals surface area contributed by atoms with Crippen LogP contribution >= 0.6 is 0 Å². The third-order valence-corrected chi connectivity index (χ3v) is 2.00. The normalized spacial score (nSPS) is 10.6. The largest absolute Gasteiger partial charge is 0.355 e. The van der Waals surface area contributed by atoms with Crippen LogP contribution in [0.1, 0.15) is 40.0 Å². The van der Waals surface area contributed by atoms with Crippen molar-refractivity contribution in [1.82, 2.24) is 10.6 Å². The Kier molecular flexibility index (Phi) is 8.64. The predicted molar refractivity (Wildman–Crippen MR) is 60.2 cm³/mol. The van der Waals surface area contributed by atoms with Crippen LogP contribution in [0, 0.1) is 5.92 Å². The molecule has 3 heteroatoms. The number of rotatable bonds is 8. The van der Waals surface area contributed by atoms with Crippen molar-refractivity contribution in [3.8, 4) is 0 Å². The lowest BCUT2D eigenvalue weighted by Gasteiger charge is -2.07. The Bertz CT molecular complexity index is 146. The molecule has 0 bridgehead atoms. The fourth-order valence-corrected chi connectivity index (χ4v) is 1.10. The molecule has 84 valence electrons. The zero-order valence-corrected chi connectivity index (χ0v) is 9.73. The molecule has 0 atom stereocenters. The molecule has 3 nitrogen and oxygen atoms in total. The molecule has 0 aromatic heterocycles. The van der Waals surface area contributed by atoms with Crippen molar-refractivity contribution in [2.45, 2.75) is 40.0 Å². The highest BCUT2D eigenvalue weighted by Gasteiger charge is 2.01. The lowest BCUT2D eigenvalue weighted by Crippen LogP contribution is -2.32. The van der Waals surface area contributed by atoms with Crippen LogP contribution in [0.5, 0.6) is 0 Å². The first-order chi connectivity index (χ1) is 6.66. The predicted octanol–water partition coefficient (Wildman–Crippen LogP) is 1.54. The van der Waals surface area contributed by atoms with E-state index in [1.807, 2.05) is 0 Å². The van der Waals surface area contributed by atoms with E-state index in [2.05, 4.69) is 31.4 Å². The van der Waals surface area contributed by atoms with Crippen molar-refractivity contribution >= 4 is 5.91 Å². The molecule has 0 spiro atoms. The van der Waals surface area contributed by atoms with Gasteiger partial charge in [-0.25, -0.2) is 0 Å². The minimum Gasteiger partial charge on any atom is -0.355 e. The second kappa shape index (κ2) is 9.00. The van der Waals surface area contributed by atoms with E-state index in [9.17, 15) is 4.79 Å². The molecule has 0 aliphatic heterocycles. The summed E-state index contributed by atoms with van der Waals surface area (Å²) in [6.07, 6.45) is 2.78. The van der Waals surface area contributed by atoms with Crippen molar-refractivity contribution in [2.75, 3.05) is 19.6 Å². The van der Waals surface area contributed by atoms with E-state index in [4.69, 9.17) is 0 Å². The molecule has 1 amide bonds. The van der Waals surface area contributed by atoms with Crippen LogP contribution in [-0.4, -0.2) is 25.5 Å². The van der Waals surface area contributed by atoms with Crippen LogP contribution in [-0.2, 0) is 4.79 Å². The summed E-state index contributed by atoms with van der Waals surface area (Å²) in [5, 5.41) is 6.14. The van der Waals surface area contributed by atoms with Gasteiger partial charge in [0.25, 0.3) is 0 Å². The van der Waals surface area contributed by atoms with Crippen LogP contribution in [0.3, 0.4) is 0 Å². The summed E-state index contributed by atoms with van der Waals surface area (Å²) in [5.74, 6) is 0.788. The Morgan fingerprint density at radius 2 is 1.93 bits per heavy atom. The minimum atomic E-state index is 0.178. The molecule has 0 aromatic carbocycles. The SMILES string of the molecule is CCCNCCNC(=O)CCC(C)C. The van der Waals surface area contributed by atoms with Gasteiger partial charge >= 0.3 is 0 Å². The molecule has 0 saturated carbocycles. The average molecular weight is 200 g/mol. The number of carbonyl (C=O) groups is 1. The number of carbonyl (C=O) groups excluding carboxylic acids is 1. The van der Waals surface area contributed by atoms with Crippen molar-refractivity contribution in [1.29, 1.82) is 0 Å². The molecule has 0 unspecified atom stereocenters. The molecule has 0 aromatic rings. The van der Waals surface area contributed by atoms with Crippen LogP contribution in [0.4, 0.5) is 0 Å². The van der Waals surface area contributed by atoms with Crippen molar-refractivity contribution in [3.63, 3.8) is 0 Å². The fraction of sp³-hybridized carbons (Fsp3) is 0.909. The highest BCUT2D eigenvalue weighted by Crippen LogP contribution is 2.02. The van der Waals surface area contributed by atoms with E-state index < -0.39 is 0 Å². The minimum absolute atomic E-state index is 0.178. The molecule has 2 N–H and O–H groups in total. The lowest BCUT2D eigenvalue weighted by molar-refractivity contribution is -0.121. The van der Waals surface area contributed by atoms with Gasteiger partial charge < -0.3 is 10.6 Å². The first kappa shape index (κ1) is 13.4. The summed E-state index contributed by atoms with van der Waals surface area (Å²) in [6, 6.07) is 0. The van der Waals surface area contributed by atoms with Gasteiger partial charge in [-0.2, -0.15) is 0 Å². The Balaban J connectivity index is 3.18. The highest BCUT2D eigenvalue weighted by atomic mass is 16.1. The molecule has 0 radical (unpaired) electrons. The summed E-state index contributed by atoms with van der Waals surface area (Å²) >= 11 is 0. The Hall–Kier alpha value is -0.570. The number of hydrogen-bond donors (Lipinski definition) is 2. The van der Waals surface area contributed by atoms with Crippen LogP contribution in [0.15, 0.2) is 0 Å². The molecule has 0 aliphatic rings. The second-order valence-electron chi connectivity index (χ2n) is 4.03. The van der Waals surface area contributed by atoms with Gasteiger partial charge in [0.1, 0.15) is 0 Å². The molecular formula is C11H24N2O. The van der Waals surface area contributed by atoms with Gasteiger partial charge in [0, 0.05) is 19.5 Å². The van der Waals surface area contributed by atoms with Crippen molar-refractivity contribution in [2.24, 2.45) is 5.92 Å². The maximum Gasteiger partial charge on any atom is 0.220 e. The van der Waals surface area contributed by atoms with E-state index >= 15 is 0 Å². The third-order valence-electron chi connectivity index (χ3n) is 2.00. The van der Waals surface area contributed by atoms with E-state index in [1.54, 1.807) is 0 Å². The van der Waals surface area contributed by atoms with Crippen molar-refractivity contribution in [3.05, 3.63) is 0 Å². The zero-order chi connectivity index (χ0) is 10.8. The topological polar surface area (TPSA) is 41.1 Å². The third kappa shape index (κ3) is 9.52. The highest BCUT2D eigenvalue weighted by molar-refractivity contribution is 5.75. The summed E-state index contributed by atoms with van der Waals surface area (Å²) < 4.78 is 0. The second-order valence-corrected chi connectivity index (χ2v) is 4.03. The molecular weight excluding hydrogens is 176 g/mol. The Morgan fingerprint density at radius 1 is 1.21 bits per heavy atom. The molecule has 0 fully saturated rings. The van der Waals surface area contributed by atoms with Crippen LogP contribution < -0.4 is 10.6 Å². The van der Waals surface area contributed by atoms with Gasteiger partial charge in [-0.05, 0) is 25.3 Å². The van der Waals surface area contributed by atoms with Gasteiger partial charge in [-0.15, -0.1) is 0 Å². The Morgan fingerprint density at radius 3 is 2.50 bits per heavy atom. The van der Waals surface area contributed by atoms with Gasteiger partial charge in [-0.3, -0.25) is 4.79 Å². The monoisotopic (exact) mass is 200 g/mol. The quantitative estimate of drug-likeness (QED) is 0.584. The van der Waals surface area contributed by atoms with E-state index in [0.29, 0.717) is 12.3 Å². The first-order valence-corrected chi connectivity index (χ1v) is 5.64. The summed E-state index contributed by atoms with van der Waals surface area (Å²) in [7, 11) is 0.